The highest BCUT2D eigenvalue weighted by molar-refractivity contribution is 5.78. The Balaban J connectivity index is 3.18. The zero-order valence-corrected chi connectivity index (χ0v) is 13.3. The number of carbonyl (C=O) groups excluding carboxylic acids is 2. The van der Waals surface area contributed by atoms with Gasteiger partial charge in [0.15, 0.2) is 0 Å². The fraction of sp³-hybridized carbons (Fsp3) is 0.467. The van der Waals surface area contributed by atoms with Gasteiger partial charge in [-0.1, -0.05) is 6.07 Å². The van der Waals surface area contributed by atoms with Crippen LogP contribution in [0.25, 0.3) is 0 Å². The first-order chi connectivity index (χ1) is 9.98. The number of aldehydes is 1. The van der Waals surface area contributed by atoms with Crippen LogP contribution in [-0.2, 0) is 15.1 Å². The molecule has 1 rings (SSSR count). The van der Waals surface area contributed by atoms with Gasteiger partial charge in [0.25, 0.3) is 5.69 Å². The fourth-order valence-corrected chi connectivity index (χ4v) is 1.96. The maximum atomic E-state index is 11.9. The summed E-state index contributed by atoms with van der Waals surface area (Å²) in [5.74, 6) is 0. The van der Waals surface area contributed by atoms with Gasteiger partial charge in [0.05, 0.1) is 4.92 Å². The fourth-order valence-electron chi connectivity index (χ4n) is 1.96. The summed E-state index contributed by atoms with van der Waals surface area (Å²) in [6.45, 7) is 8.27. The molecule has 7 nitrogen and oxygen atoms in total. The molecular weight excluding hydrogens is 288 g/mol. The Morgan fingerprint density at radius 2 is 1.91 bits per heavy atom. The van der Waals surface area contributed by atoms with E-state index in [4.69, 9.17) is 4.74 Å². The van der Waals surface area contributed by atoms with Crippen LogP contribution in [0.5, 0.6) is 0 Å². The number of ether oxygens (including phenoxy) is 1. The molecule has 1 atom stereocenters. The van der Waals surface area contributed by atoms with Crippen LogP contribution in [-0.4, -0.2) is 22.9 Å². The number of alkyl carbamates (subject to hydrolysis) is 1. The van der Waals surface area contributed by atoms with E-state index in [0.29, 0.717) is 17.4 Å². The number of nitrogens with one attached hydrogen (secondary N) is 1. The molecule has 22 heavy (non-hydrogen) atoms. The van der Waals surface area contributed by atoms with E-state index >= 15 is 0 Å². The predicted octanol–water partition coefficient (Wildman–Crippen LogP) is 2.84. The molecule has 0 aromatic heterocycles. The van der Waals surface area contributed by atoms with Crippen LogP contribution in [0.15, 0.2) is 18.2 Å². The minimum atomic E-state index is -1.42. The van der Waals surface area contributed by atoms with E-state index in [0.717, 1.165) is 0 Å². The van der Waals surface area contributed by atoms with Gasteiger partial charge in [-0.15, -0.1) is 0 Å². The number of rotatable bonds is 4. The van der Waals surface area contributed by atoms with E-state index in [1.807, 2.05) is 0 Å². The van der Waals surface area contributed by atoms with E-state index < -0.39 is 22.2 Å². The number of nitro benzene ring substituents is 1. The van der Waals surface area contributed by atoms with Crippen LogP contribution in [0.1, 0.15) is 38.8 Å². The summed E-state index contributed by atoms with van der Waals surface area (Å²) in [6.07, 6.45) is -0.240. The largest absolute Gasteiger partial charge is 0.444 e. The number of aryl methyl sites for hydroxylation is 1. The Labute approximate surface area is 128 Å². The third-order valence-corrected chi connectivity index (χ3v) is 2.99. The first-order valence-corrected chi connectivity index (χ1v) is 6.71. The normalized spacial score (nSPS) is 13.9. The summed E-state index contributed by atoms with van der Waals surface area (Å²) in [5, 5.41) is 13.4. The molecule has 1 amide bonds. The van der Waals surface area contributed by atoms with Gasteiger partial charge in [0.2, 0.25) is 0 Å². The second-order valence-corrected chi connectivity index (χ2v) is 6.20. The van der Waals surface area contributed by atoms with Gasteiger partial charge in [0, 0.05) is 12.1 Å². The second-order valence-electron chi connectivity index (χ2n) is 6.20. The van der Waals surface area contributed by atoms with E-state index in [2.05, 4.69) is 5.32 Å². The lowest BCUT2D eigenvalue weighted by Gasteiger charge is -2.28. The summed E-state index contributed by atoms with van der Waals surface area (Å²) in [7, 11) is 0. The summed E-state index contributed by atoms with van der Waals surface area (Å²) in [5.41, 5.74) is -1.29. The molecule has 1 aromatic rings. The van der Waals surface area contributed by atoms with Crippen LogP contribution < -0.4 is 5.32 Å². The summed E-state index contributed by atoms with van der Waals surface area (Å²) in [6, 6.07) is 4.16. The van der Waals surface area contributed by atoms with Crippen LogP contribution in [0.3, 0.4) is 0 Å². The minimum Gasteiger partial charge on any atom is -0.444 e. The number of benzene rings is 1. The molecule has 0 aliphatic heterocycles. The Morgan fingerprint density at radius 3 is 2.36 bits per heavy atom. The number of hydrogen-bond donors (Lipinski definition) is 1. The molecule has 1 unspecified atom stereocenters. The number of non-ortho nitro benzene ring substituents is 1. The number of amides is 1. The molecule has 0 aliphatic carbocycles. The third-order valence-electron chi connectivity index (χ3n) is 2.99. The highest BCUT2D eigenvalue weighted by Gasteiger charge is 2.33. The van der Waals surface area contributed by atoms with Crippen molar-refractivity contribution in [3.8, 4) is 0 Å². The smallest absolute Gasteiger partial charge is 0.408 e. The SMILES string of the molecule is Cc1ccc([N+](=O)[O-])cc1C(C)(C=O)NC(=O)OC(C)(C)C. The molecule has 0 spiro atoms. The van der Waals surface area contributed by atoms with Gasteiger partial charge < -0.3 is 14.8 Å². The second kappa shape index (κ2) is 6.13. The van der Waals surface area contributed by atoms with Crippen molar-refractivity contribution in [1.29, 1.82) is 0 Å². The lowest BCUT2D eigenvalue weighted by Crippen LogP contribution is -2.47. The number of nitrogens with zero attached hydrogens (tertiary/aromatic N) is 1. The first kappa shape index (κ1) is 17.6. The average Bonchev–Trinajstić information content (AvgIpc) is 2.36. The van der Waals surface area contributed by atoms with Crippen LogP contribution in [0, 0.1) is 17.0 Å². The molecule has 1 aromatic carbocycles. The van der Waals surface area contributed by atoms with E-state index in [-0.39, 0.29) is 5.69 Å². The van der Waals surface area contributed by atoms with Crippen molar-refractivity contribution in [1.82, 2.24) is 5.32 Å². The Bertz CT molecular complexity index is 606. The maximum Gasteiger partial charge on any atom is 0.408 e. The zero-order valence-electron chi connectivity index (χ0n) is 13.3. The summed E-state index contributed by atoms with van der Waals surface area (Å²) < 4.78 is 5.13. The van der Waals surface area contributed by atoms with Crippen molar-refractivity contribution in [3.05, 3.63) is 39.4 Å². The molecule has 120 valence electrons. The lowest BCUT2D eigenvalue weighted by molar-refractivity contribution is -0.385. The topological polar surface area (TPSA) is 98.5 Å². The molecule has 1 N–H and O–H groups in total. The van der Waals surface area contributed by atoms with Crippen molar-refractivity contribution in [2.75, 3.05) is 0 Å². The molecular formula is C15H20N2O5. The van der Waals surface area contributed by atoms with Crippen LogP contribution >= 0.6 is 0 Å². The molecule has 0 radical (unpaired) electrons. The molecule has 0 bridgehead atoms. The third kappa shape index (κ3) is 4.28. The molecule has 7 heteroatoms. The van der Waals surface area contributed by atoms with Crippen molar-refractivity contribution in [2.24, 2.45) is 0 Å². The highest BCUT2D eigenvalue weighted by Crippen LogP contribution is 2.27. The lowest BCUT2D eigenvalue weighted by atomic mass is 9.89. The quantitative estimate of drug-likeness (QED) is 0.524. The van der Waals surface area contributed by atoms with E-state index in [1.165, 1.54) is 25.1 Å². The van der Waals surface area contributed by atoms with Crippen molar-refractivity contribution in [3.63, 3.8) is 0 Å². The number of carbonyl (C=O) groups is 2. The molecule has 0 heterocycles. The van der Waals surface area contributed by atoms with E-state index in [9.17, 15) is 19.7 Å². The van der Waals surface area contributed by atoms with Gasteiger partial charge in [-0.05, 0) is 45.7 Å². The Morgan fingerprint density at radius 1 is 1.32 bits per heavy atom. The van der Waals surface area contributed by atoms with Gasteiger partial charge in [-0.25, -0.2) is 4.79 Å². The van der Waals surface area contributed by atoms with Gasteiger partial charge >= 0.3 is 6.09 Å². The maximum absolute atomic E-state index is 11.9. The van der Waals surface area contributed by atoms with E-state index in [1.54, 1.807) is 27.7 Å². The zero-order chi connectivity index (χ0) is 17.1. The first-order valence-electron chi connectivity index (χ1n) is 6.71. The predicted molar refractivity (Wildman–Crippen MR) is 80.6 cm³/mol. The van der Waals surface area contributed by atoms with Crippen molar-refractivity contribution in [2.45, 2.75) is 45.8 Å². The Kier molecular flexibility index (Phi) is 4.91. The average molecular weight is 308 g/mol. The monoisotopic (exact) mass is 308 g/mol. The molecule has 0 saturated carbocycles. The Hall–Kier alpha value is -2.44. The van der Waals surface area contributed by atoms with Crippen LogP contribution in [0.4, 0.5) is 10.5 Å². The van der Waals surface area contributed by atoms with Crippen molar-refractivity contribution >= 4 is 18.1 Å². The molecule has 0 aliphatic rings. The summed E-state index contributed by atoms with van der Waals surface area (Å²) >= 11 is 0. The van der Waals surface area contributed by atoms with Gasteiger partial charge in [-0.3, -0.25) is 10.1 Å². The summed E-state index contributed by atoms with van der Waals surface area (Å²) in [4.78, 5) is 33.8. The minimum absolute atomic E-state index is 0.153. The highest BCUT2D eigenvalue weighted by atomic mass is 16.6. The van der Waals surface area contributed by atoms with Gasteiger partial charge in [-0.2, -0.15) is 0 Å². The molecule has 0 fully saturated rings. The van der Waals surface area contributed by atoms with Crippen molar-refractivity contribution < 1.29 is 19.2 Å². The van der Waals surface area contributed by atoms with Crippen LogP contribution in [0.2, 0.25) is 0 Å². The van der Waals surface area contributed by atoms with Gasteiger partial charge in [0.1, 0.15) is 17.4 Å². The number of nitro groups is 1. The number of hydrogen-bond acceptors (Lipinski definition) is 5. The molecule has 0 saturated heterocycles. The standard InChI is InChI=1S/C15H20N2O5/c1-10-6-7-11(17(20)21)8-12(10)15(5,9-18)16-13(19)22-14(2,3)4/h6-9H,1-5H3,(H,16,19).